The maximum absolute atomic E-state index is 14.7. The van der Waals surface area contributed by atoms with E-state index in [1.54, 1.807) is 24.3 Å². The smallest absolute Gasteiger partial charge is 0.417 e. The van der Waals surface area contributed by atoms with E-state index in [1.807, 2.05) is 0 Å². The van der Waals surface area contributed by atoms with Crippen LogP contribution in [0.2, 0.25) is 0 Å². The number of hydrogen-bond acceptors (Lipinski definition) is 9. The first-order valence-corrected chi connectivity index (χ1v) is 12.6. The number of halogens is 1. The molecule has 3 aromatic rings. The fourth-order valence-electron chi connectivity index (χ4n) is 4.20. The summed E-state index contributed by atoms with van der Waals surface area (Å²) in [6.07, 6.45) is 0.926. The summed E-state index contributed by atoms with van der Waals surface area (Å²) in [5.74, 6) is 0.544. The Hall–Kier alpha value is -4.16. The van der Waals surface area contributed by atoms with Crippen molar-refractivity contribution in [3.63, 3.8) is 0 Å². The molecule has 0 bridgehead atoms. The number of rotatable bonds is 11. The van der Waals surface area contributed by atoms with E-state index >= 15 is 0 Å². The lowest BCUT2D eigenvalue weighted by Crippen LogP contribution is -2.44. The highest BCUT2D eigenvalue weighted by Crippen LogP contribution is 2.36. The lowest BCUT2D eigenvalue weighted by atomic mass is 10.2. The number of anilines is 4. The van der Waals surface area contributed by atoms with Gasteiger partial charge in [0, 0.05) is 62.8 Å². The molecule has 12 heteroatoms. The van der Waals surface area contributed by atoms with Crippen molar-refractivity contribution in [3.8, 4) is 17.2 Å². The fraction of sp³-hybridized carbons (Fsp3) is 0.370. The van der Waals surface area contributed by atoms with Crippen molar-refractivity contribution in [1.29, 1.82) is 0 Å². The number of methoxy groups -OCH3 is 2. The first-order chi connectivity index (χ1) is 18.9. The van der Waals surface area contributed by atoms with Crippen LogP contribution < -0.4 is 24.4 Å². The second-order valence-corrected chi connectivity index (χ2v) is 9.01. The van der Waals surface area contributed by atoms with Crippen LogP contribution >= 0.6 is 0 Å². The van der Waals surface area contributed by atoms with Crippen molar-refractivity contribution in [2.24, 2.45) is 0 Å². The quantitative estimate of drug-likeness (QED) is 0.343. The van der Waals surface area contributed by atoms with Gasteiger partial charge >= 0.3 is 6.09 Å². The number of benzene rings is 2. The average molecular weight is 541 g/mol. The number of amides is 1. The summed E-state index contributed by atoms with van der Waals surface area (Å²) in [6, 6.07) is 10.7. The Labute approximate surface area is 226 Å². The molecule has 1 amide bonds. The van der Waals surface area contributed by atoms with Crippen LogP contribution in [0.25, 0.3) is 0 Å². The fourth-order valence-corrected chi connectivity index (χ4v) is 4.20. The zero-order chi connectivity index (χ0) is 27.8. The van der Waals surface area contributed by atoms with Crippen LogP contribution in [0.3, 0.4) is 0 Å². The molecule has 1 fully saturated rings. The lowest BCUT2D eigenvalue weighted by Gasteiger charge is -2.32. The number of hydrogen-bond donors (Lipinski definition) is 2. The van der Waals surface area contributed by atoms with Crippen molar-refractivity contribution in [2.45, 2.75) is 6.42 Å². The van der Waals surface area contributed by atoms with Crippen molar-refractivity contribution in [2.75, 3.05) is 70.8 Å². The van der Waals surface area contributed by atoms with E-state index in [0.717, 1.165) is 44.0 Å². The molecule has 2 N–H and O–H groups in total. The van der Waals surface area contributed by atoms with Gasteiger partial charge in [0.2, 0.25) is 5.95 Å². The lowest BCUT2D eigenvalue weighted by molar-refractivity contribution is 0.145. The number of carbonyl (C=O) groups is 1. The molecule has 2 aromatic carbocycles. The van der Waals surface area contributed by atoms with Gasteiger partial charge in [-0.2, -0.15) is 4.98 Å². The third-order valence-electron chi connectivity index (χ3n) is 6.35. The van der Waals surface area contributed by atoms with Gasteiger partial charge in [-0.05, 0) is 37.7 Å². The van der Waals surface area contributed by atoms with Crippen molar-refractivity contribution in [3.05, 3.63) is 54.5 Å². The van der Waals surface area contributed by atoms with Crippen molar-refractivity contribution >= 4 is 29.2 Å². The van der Waals surface area contributed by atoms with Gasteiger partial charge in [-0.3, -0.25) is 0 Å². The Bertz CT molecular complexity index is 1270. The molecule has 0 aliphatic carbocycles. The average Bonchev–Trinajstić information content (AvgIpc) is 2.93. The van der Waals surface area contributed by atoms with E-state index in [9.17, 15) is 14.3 Å². The highest BCUT2D eigenvalue weighted by Gasteiger charge is 2.23. The van der Waals surface area contributed by atoms with Crippen molar-refractivity contribution in [1.82, 2.24) is 19.8 Å². The maximum Gasteiger partial charge on any atom is 0.417 e. The molecule has 0 spiro atoms. The maximum atomic E-state index is 14.7. The van der Waals surface area contributed by atoms with Crippen LogP contribution in [0.15, 0.2) is 48.7 Å². The number of aromatic nitrogens is 2. The number of likely N-dealkylation sites (N-methyl/N-ethyl adjacent to an activating group) is 1. The molecule has 208 valence electrons. The normalized spacial score (nSPS) is 14.1. The number of nitrogens with one attached hydrogen (secondary N) is 1. The van der Waals surface area contributed by atoms with Gasteiger partial charge in [0.1, 0.15) is 17.3 Å². The molecule has 0 radical (unpaired) electrons. The van der Waals surface area contributed by atoms with Crippen LogP contribution in [0.5, 0.6) is 17.2 Å². The van der Waals surface area contributed by atoms with Crippen LogP contribution in [0, 0.1) is 5.82 Å². The minimum atomic E-state index is -1.29. The van der Waals surface area contributed by atoms with Gasteiger partial charge in [0.25, 0.3) is 0 Å². The first kappa shape index (κ1) is 27.9. The third kappa shape index (κ3) is 7.24. The molecule has 0 unspecified atom stereocenters. The number of piperazine rings is 1. The zero-order valence-corrected chi connectivity index (χ0v) is 22.3. The van der Waals surface area contributed by atoms with E-state index in [4.69, 9.17) is 14.2 Å². The van der Waals surface area contributed by atoms with Crippen LogP contribution in [0.1, 0.15) is 6.42 Å². The Morgan fingerprint density at radius 3 is 2.54 bits per heavy atom. The molecular weight excluding hydrogens is 507 g/mol. The molecule has 39 heavy (non-hydrogen) atoms. The standard InChI is InChI=1S/C27H33FN6O5/c1-32-12-14-33(15-13-32)11-4-16-39-23-7-5-19(17-21(23)28)30-26-29-10-9-25(31-26)34(27(35)36)22-18-20(37-2)6-8-24(22)38-3/h5-10,17-18H,4,11-16H2,1-3H3,(H,35,36)(H,29,30,31). The van der Waals surface area contributed by atoms with E-state index in [0.29, 0.717) is 23.8 Å². The molecule has 0 saturated carbocycles. The number of ether oxygens (including phenoxy) is 3. The largest absolute Gasteiger partial charge is 0.497 e. The predicted octanol–water partition coefficient (Wildman–Crippen LogP) is 4.21. The summed E-state index contributed by atoms with van der Waals surface area (Å²) < 4.78 is 31.0. The Balaban J connectivity index is 1.41. The molecule has 0 atom stereocenters. The van der Waals surface area contributed by atoms with Gasteiger partial charge < -0.3 is 34.4 Å². The second kappa shape index (κ2) is 13.1. The monoisotopic (exact) mass is 540 g/mol. The minimum absolute atomic E-state index is 0.0623. The Kier molecular flexibility index (Phi) is 9.34. The van der Waals surface area contributed by atoms with E-state index in [1.165, 1.54) is 38.6 Å². The molecule has 2 heterocycles. The summed E-state index contributed by atoms with van der Waals surface area (Å²) in [6.45, 7) is 5.51. The molecule has 11 nitrogen and oxygen atoms in total. The number of carboxylic acid groups (broad SMARTS) is 1. The van der Waals surface area contributed by atoms with E-state index in [2.05, 4.69) is 32.1 Å². The van der Waals surface area contributed by atoms with Crippen LogP contribution in [-0.4, -0.2) is 91.6 Å². The SMILES string of the molecule is COc1ccc(OC)c(N(C(=O)O)c2ccnc(Nc3ccc(OCCCN4CCN(C)CC4)c(F)c3)n2)c1. The third-order valence-corrected chi connectivity index (χ3v) is 6.35. The van der Waals surface area contributed by atoms with E-state index in [-0.39, 0.29) is 23.2 Å². The summed E-state index contributed by atoms with van der Waals surface area (Å²) in [5.41, 5.74) is 0.601. The number of nitrogens with zero attached hydrogens (tertiary/aromatic N) is 5. The molecule has 4 rings (SSSR count). The summed E-state index contributed by atoms with van der Waals surface area (Å²) in [5, 5.41) is 12.9. The highest BCUT2D eigenvalue weighted by molar-refractivity contribution is 5.96. The molecule has 1 aromatic heterocycles. The van der Waals surface area contributed by atoms with Gasteiger partial charge in [-0.25, -0.2) is 19.1 Å². The van der Waals surface area contributed by atoms with Crippen molar-refractivity contribution < 1.29 is 28.5 Å². The first-order valence-electron chi connectivity index (χ1n) is 12.6. The topological polar surface area (TPSA) is 113 Å². The Morgan fingerprint density at radius 1 is 1.08 bits per heavy atom. The molecule has 1 saturated heterocycles. The zero-order valence-electron chi connectivity index (χ0n) is 22.3. The van der Waals surface area contributed by atoms with E-state index < -0.39 is 11.9 Å². The Morgan fingerprint density at radius 2 is 1.85 bits per heavy atom. The summed E-state index contributed by atoms with van der Waals surface area (Å²) in [7, 11) is 5.04. The van der Waals surface area contributed by atoms with Gasteiger partial charge in [-0.15, -0.1) is 0 Å². The summed E-state index contributed by atoms with van der Waals surface area (Å²) in [4.78, 5) is 26.3. The van der Waals surface area contributed by atoms with Gasteiger partial charge in [0.15, 0.2) is 11.6 Å². The molecular formula is C27H33FN6O5. The minimum Gasteiger partial charge on any atom is -0.497 e. The molecule has 1 aliphatic heterocycles. The predicted molar refractivity (Wildman–Crippen MR) is 145 cm³/mol. The van der Waals surface area contributed by atoms with Gasteiger partial charge in [-0.1, -0.05) is 0 Å². The van der Waals surface area contributed by atoms with Crippen LogP contribution in [0.4, 0.5) is 32.3 Å². The van der Waals surface area contributed by atoms with Crippen LogP contribution in [-0.2, 0) is 0 Å². The van der Waals surface area contributed by atoms with Gasteiger partial charge in [0.05, 0.1) is 26.5 Å². The summed E-state index contributed by atoms with van der Waals surface area (Å²) >= 11 is 0. The second-order valence-electron chi connectivity index (χ2n) is 9.01. The highest BCUT2D eigenvalue weighted by atomic mass is 19.1. The molecule has 1 aliphatic rings.